The van der Waals surface area contributed by atoms with Crippen LogP contribution in [-0.4, -0.2) is 29.1 Å². The zero-order valence-electron chi connectivity index (χ0n) is 8.95. The second-order valence-electron chi connectivity index (χ2n) is 3.40. The van der Waals surface area contributed by atoms with Gasteiger partial charge in [0.1, 0.15) is 5.69 Å². The second kappa shape index (κ2) is 7.35. The van der Waals surface area contributed by atoms with Gasteiger partial charge in [0.25, 0.3) is 5.91 Å². The quantitative estimate of drug-likeness (QED) is 0.783. The molecule has 4 nitrogen and oxygen atoms in total. The molecule has 1 rings (SSSR count). The van der Waals surface area contributed by atoms with Gasteiger partial charge in [-0.1, -0.05) is 0 Å². The van der Waals surface area contributed by atoms with Crippen LogP contribution in [0.3, 0.4) is 0 Å². The SMILES string of the molecule is O=C(NCCCCCO)c1ccc(Br)cn1. The Morgan fingerprint density at radius 3 is 2.81 bits per heavy atom. The van der Waals surface area contributed by atoms with Gasteiger partial charge in [-0.05, 0) is 47.3 Å². The average molecular weight is 287 g/mol. The van der Waals surface area contributed by atoms with Gasteiger partial charge in [0.15, 0.2) is 0 Å². The summed E-state index contributed by atoms with van der Waals surface area (Å²) in [7, 11) is 0. The van der Waals surface area contributed by atoms with Gasteiger partial charge in [-0.25, -0.2) is 4.98 Å². The monoisotopic (exact) mass is 286 g/mol. The molecule has 1 aromatic rings. The Morgan fingerprint density at radius 1 is 1.38 bits per heavy atom. The molecule has 1 heterocycles. The fourth-order valence-electron chi connectivity index (χ4n) is 1.22. The van der Waals surface area contributed by atoms with Crippen LogP contribution in [-0.2, 0) is 0 Å². The molecule has 0 saturated heterocycles. The first-order valence-electron chi connectivity index (χ1n) is 5.24. The maximum absolute atomic E-state index is 11.6. The van der Waals surface area contributed by atoms with Crippen LogP contribution in [0.25, 0.3) is 0 Å². The van der Waals surface area contributed by atoms with Gasteiger partial charge in [-0.15, -0.1) is 0 Å². The van der Waals surface area contributed by atoms with Gasteiger partial charge < -0.3 is 10.4 Å². The Bertz CT molecular complexity index is 327. The molecule has 0 aliphatic carbocycles. The minimum atomic E-state index is -0.156. The number of halogens is 1. The number of nitrogens with one attached hydrogen (secondary N) is 1. The van der Waals surface area contributed by atoms with E-state index in [2.05, 4.69) is 26.2 Å². The van der Waals surface area contributed by atoms with Crippen molar-refractivity contribution in [1.29, 1.82) is 0 Å². The molecule has 0 fully saturated rings. The summed E-state index contributed by atoms with van der Waals surface area (Å²) >= 11 is 3.26. The molecule has 2 N–H and O–H groups in total. The number of aliphatic hydroxyl groups is 1. The summed E-state index contributed by atoms with van der Waals surface area (Å²) in [5.41, 5.74) is 0.422. The number of nitrogens with zero attached hydrogens (tertiary/aromatic N) is 1. The third-order valence-electron chi connectivity index (χ3n) is 2.08. The molecule has 1 aromatic heterocycles. The molecule has 0 saturated carbocycles. The van der Waals surface area contributed by atoms with E-state index in [1.165, 1.54) is 0 Å². The van der Waals surface area contributed by atoms with E-state index in [0.29, 0.717) is 12.2 Å². The number of unbranched alkanes of at least 4 members (excludes halogenated alkanes) is 2. The van der Waals surface area contributed by atoms with E-state index in [1.54, 1.807) is 18.3 Å². The fraction of sp³-hybridized carbons (Fsp3) is 0.455. The first-order chi connectivity index (χ1) is 7.74. The van der Waals surface area contributed by atoms with Crippen molar-refractivity contribution in [3.05, 3.63) is 28.5 Å². The summed E-state index contributed by atoms with van der Waals surface area (Å²) in [6.07, 6.45) is 4.18. The van der Waals surface area contributed by atoms with Crippen LogP contribution in [0.1, 0.15) is 29.8 Å². The minimum absolute atomic E-state index is 0.156. The standard InChI is InChI=1S/C11H15BrN2O2/c12-9-4-5-10(14-8-9)11(16)13-6-2-1-3-7-15/h4-5,8,15H,1-3,6-7H2,(H,13,16). The van der Waals surface area contributed by atoms with Crippen molar-refractivity contribution >= 4 is 21.8 Å². The van der Waals surface area contributed by atoms with Crippen molar-refractivity contribution in [2.24, 2.45) is 0 Å². The topological polar surface area (TPSA) is 62.2 Å². The number of rotatable bonds is 6. The van der Waals surface area contributed by atoms with Crippen LogP contribution < -0.4 is 5.32 Å². The van der Waals surface area contributed by atoms with Crippen molar-refractivity contribution in [3.63, 3.8) is 0 Å². The minimum Gasteiger partial charge on any atom is -0.396 e. The van der Waals surface area contributed by atoms with Crippen LogP contribution >= 0.6 is 15.9 Å². The highest BCUT2D eigenvalue weighted by atomic mass is 79.9. The molecule has 0 aliphatic heterocycles. The maximum atomic E-state index is 11.6. The molecule has 1 amide bonds. The predicted octanol–water partition coefficient (Wildman–Crippen LogP) is 1.74. The Kier molecular flexibility index (Phi) is 6.03. The van der Waals surface area contributed by atoms with E-state index in [-0.39, 0.29) is 12.5 Å². The number of aromatic nitrogens is 1. The normalized spacial score (nSPS) is 10.1. The van der Waals surface area contributed by atoms with E-state index < -0.39 is 0 Å². The number of amides is 1. The van der Waals surface area contributed by atoms with Crippen LogP contribution in [0.5, 0.6) is 0 Å². The van der Waals surface area contributed by atoms with Gasteiger partial charge in [0, 0.05) is 23.8 Å². The summed E-state index contributed by atoms with van der Waals surface area (Å²) in [4.78, 5) is 15.5. The molecule has 0 aliphatic rings. The van der Waals surface area contributed by atoms with Crippen molar-refractivity contribution in [3.8, 4) is 0 Å². The number of carbonyl (C=O) groups excluding carboxylic acids is 1. The molecule has 88 valence electrons. The number of carbonyl (C=O) groups is 1. The number of pyridine rings is 1. The Labute approximate surface area is 103 Å². The van der Waals surface area contributed by atoms with Gasteiger partial charge in [-0.2, -0.15) is 0 Å². The molecule has 0 unspecified atom stereocenters. The van der Waals surface area contributed by atoms with Crippen LogP contribution in [0.15, 0.2) is 22.8 Å². The van der Waals surface area contributed by atoms with Crippen LogP contribution in [0.2, 0.25) is 0 Å². The Hall–Kier alpha value is -0.940. The molecular weight excluding hydrogens is 272 g/mol. The first-order valence-corrected chi connectivity index (χ1v) is 6.04. The van der Waals surface area contributed by atoms with Crippen molar-refractivity contribution < 1.29 is 9.90 Å². The third-order valence-corrected chi connectivity index (χ3v) is 2.55. The first kappa shape index (κ1) is 13.1. The molecule has 0 aromatic carbocycles. The molecule has 16 heavy (non-hydrogen) atoms. The smallest absolute Gasteiger partial charge is 0.269 e. The van der Waals surface area contributed by atoms with E-state index in [0.717, 1.165) is 23.7 Å². The lowest BCUT2D eigenvalue weighted by atomic mass is 10.2. The van der Waals surface area contributed by atoms with Gasteiger partial charge in [0.05, 0.1) is 0 Å². The van der Waals surface area contributed by atoms with E-state index in [1.807, 2.05) is 0 Å². The maximum Gasteiger partial charge on any atom is 0.269 e. The van der Waals surface area contributed by atoms with Crippen LogP contribution in [0, 0.1) is 0 Å². The summed E-state index contributed by atoms with van der Waals surface area (Å²) in [6, 6.07) is 3.46. The third kappa shape index (κ3) is 4.72. The summed E-state index contributed by atoms with van der Waals surface area (Å²) in [6.45, 7) is 0.832. The zero-order chi connectivity index (χ0) is 11.8. The highest BCUT2D eigenvalue weighted by molar-refractivity contribution is 9.10. The molecular formula is C11H15BrN2O2. The van der Waals surface area contributed by atoms with E-state index in [4.69, 9.17) is 5.11 Å². The molecule has 5 heteroatoms. The number of hydrogen-bond acceptors (Lipinski definition) is 3. The Balaban J connectivity index is 2.27. The summed E-state index contributed by atoms with van der Waals surface area (Å²) in [5.74, 6) is -0.156. The van der Waals surface area contributed by atoms with Gasteiger partial charge in [0.2, 0.25) is 0 Å². The summed E-state index contributed by atoms with van der Waals surface area (Å²) < 4.78 is 0.854. The lowest BCUT2D eigenvalue weighted by Crippen LogP contribution is -2.25. The van der Waals surface area contributed by atoms with Crippen molar-refractivity contribution in [1.82, 2.24) is 10.3 Å². The van der Waals surface area contributed by atoms with E-state index in [9.17, 15) is 4.79 Å². The van der Waals surface area contributed by atoms with Gasteiger partial charge in [-0.3, -0.25) is 4.79 Å². The highest BCUT2D eigenvalue weighted by Gasteiger charge is 2.05. The molecule has 0 radical (unpaired) electrons. The zero-order valence-corrected chi connectivity index (χ0v) is 10.5. The molecule has 0 bridgehead atoms. The molecule has 0 atom stereocenters. The molecule has 0 spiro atoms. The predicted molar refractivity (Wildman–Crippen MR) is 65.2 cm³/mol. The van der Waals surface area contributed by atoms with Crippen molar-refractivity contribution in [2.75, 3.05) is 13.2 Å². The second-order valence-corrected chi connectivity index (χ2v) is 4.32. The van der Waals surface area contributed by atoms with Crippen molar-refractivity contribution in [2.45, 2.75) is 19.3 Å². The van der Waals surface area contributed by atoms with E-state index >= 15 is 0 Å². The largest absolute Gasteiger partial charge is 0.396 e. The fourth-order valence-corrected chi connectivity index (χ4v) is 1.45. The lowest BCUT2D eigenvalue weighted by molar-refractivity contribution is 0.0948. The number of hydrogen-bond donors (Lipinski definition) is 2. The lowest BCUT2D eigenvalue weighted by Gasteiger charge is -2.04. The summed E-state index contributed by atoms with van der Waals surface area (Å²) in [5, 5.41) is 11.4. The van der Waals surface area contributed by atoms with Gasteiger partial charge >= 0.3 is 0 Å². The van der Waals surface area contributed by atoms with Crippen LogP contribution in [0.4, 0.5) is 0 Å². The number of aliphatic hydroxyl groups excluding tert-OH is 1. The Morgan fingerprint density at radius 2 is 2.19 bits per heavy atom. The average Bonchev–Trinajstić information content (AvgIpc) is 2.29. The highest BCUT2D eigenvalue weighted by Crippen LogP contribution is 2.07.